The summed E-state index contributed by atoms with van der Waals surface area (Å²) in [6.07, 6.45) is 8.16. The lowest BCUT2D eigenvalue weighted by atomic mass is 9.84. The van der Waals surface area contributed by atoms with Gasteiger partial charge in [-0.1, -0.05) is 12.2 Å². The molecule has 2 heteroatoms. The van der Waals surface area contributed by atoms with Gasteiger partial charge in [0, 0.05) is 6.04 Å². The van der Waals surface area contributed by atoms with Gasteiger partial charge in [-0.3, -0.25) is 4.79 Å². The second-order valence-corrected chi connectivity index (χ2v) is 4.23. The van der Waals surface area contributed by atoms with Gasteiger partial charge in [0.25, 0.3) is 0 Å². The average Bonchev–Trinajstić information content (AvgIpc) is 2.75. The Kier molecular flexibility index (Phi) is 1.18. The molecule has 2 nitrogen and oxygen atoms in total. The number of hydrogen-bond acceptors (Lipinski definition) is 1. The lowest BCUT2D eigenvalue weighted by molar-refractivity contribution is -0.133. The maximum atomic E-state index is 11.1. The van der Waals surface area contributed by atoms with E-state index < -0.39 is 0 Å². The molecule has 0 aromatic carbocycles. The first-order valence-electron chi connectivity index (χ1n) is 4.83. The first-order valence-corrected chi connectivity index (χ1v) is 4.83. The average molecular weight is 163 g/mol. The fourth-order valence-corrected chi connectivity index (χ4v) is 2.59. The predicted octanol–water partition coefficient (Wildman–Crippen LogP) is 1.09. The van der Waals surface area contributed by atoms with Crippen LogP contribution in [0.4, 0.5) is 0 Å². The van der Waals surface area contributed by atoms with Crippen molar-refractivity contribution < 1.29 is 4.79 Å². The zero-order chi connectivity index (χ0) is 8.13. The van der Waals surface area contributed by atoms with Crippen LogP contribution in [0.2, 0.25) is 0 Å². The molecule has 4 atom stereocenters. The summed E-state index contributed by atoms with van der Waals surface area (Å²) in [4.78, 5) is 11.1. The van der Waals surface area contributed by atoms with Crippen LogP contribution >= 0.6 is 0 Å². The first-order chi connectivity index (χ1) is 5.86. The van der Waals surface area contributed by atoms with Crippen molar-refractivity contribution in [1.82, 2.24) is 5.32 Å². The van der Waals surface area contributed by atoms with Crippen molar-refractivity contribution in [2.75, 3.05) is 0 Å². The summed E-state index contributed by atoms with van der Waals surface area (Å²) in [5, 5.41) is 3.01. The number of nitrogens with one attached hydrogen (secondary N) is 1. The van der Waals surface area contributed by atoms with Gasteiger partial charge in [0.05, 0.1) is 5.92 Å². The normalized spacial score (nSPS) is 51.8. The number of fused-ring (bicyclic) bond motifs is 3. The molecule has 1 aliphatic heterocycles. The molecular weight excluding hydrogens is 150 g/mol. The van der Waals surface area contributed by atoms with Crippen molar-refractivity contribution in [2.45, 2.75) is 25.3 Å². The van der Waals surface area contributed by atoms with E-state index in [0.29, 0.717) is 6.04 Å². The van der Waals surface area contributed by atoms with Crippen LogP contribution < -0.4 is 5.32 Å². The predicted molar refractivity (Wildman–Crippen MR) is 45.4 cm³/mol. The summed E-state index contributed by atoms with van der Waals surface area (Å²) in [6.45, 7) is 0. The highest BCUT2D eigenvalue weighted by Gasteiger charge is 2.52. The Bertz CT molecular complexity index is 259. The second kappa shape index (κ2) is 2.12. The van der Waals surface area contributed by atoms with Crippen molar-refractivity contribution in [3.63, 3.8) is 0 Å². The van der Waals surface area contributed by atoms with Gasteiger partial charge >= 0.3 is 0 Å². The van der Waals surface area contributed by atoms with E-state index in [0.717, 1.165) is 11.8 Å². The van der Waals surface area contributed by atoms with Gasteiger partial charge in [0.1, 0.15) is 0 Å². The van der Waals surface area contributed by atoms with Gasteiger partial charge in [-0.25, -0.2) is 0 Å². The van der Waals surface area contributed by atoms with E-state index in [1.165, 1.54) is 19.3 Å². The molecule has 12 heavy (non-hydrogen) atoms. The third-order valence-corrected chi connectivity index (χ3v) is 3.48. The van der Waals surface area contributed by atoms with E-state index in [1.54, 1.807) is 0 Å². The monoisotopic (exact) mass is 163 g/mol. The molecule has 1 amide bonds. The SMILES string of the molecule is O=C1N[C@H]2C3CC3CC/C=C\[C@@H]12. The van der Waals surface area contributed by atoms with Gasteiger partial charge < -0.3 is 5.32 Å². The molecule has 1 N–H and O–H groups in total. The number of β-lactam (4-membered cyclic amide) rings is 1. The summed E-state index contributed by atoms with van der Waals surface area (Å²) >= 11 is 0. The Morgan fingerprint density at radius 3 is 3.25 bits per heavy atom. The summed E-state index contributed by atoms with van der Waals surface area (Å²) in [5.74, 6) is 2.20. The molecule has 3 aliphatic rings. The third-order valence-electron chi connectivity index (χ3n) is 3.48. The zero-order valence-electron chi connectivity index (χ0n) is 6.99. The summed E-state index contributed by atoms with van der Waals surface area (Å²) < 4.78 is 0. The molecule has 0 spiro atoms. The highest BCUT2D eigenvalue weighted by Crippen LogP contribution is 2.49. The van der Waals surface area contributed by atoms with Crippen molar-refractivity contribution in [2.24, 2.45) is 17.8 Å². The van der Waals surface area contributed by atoms with Gasteiger partial charge in [0.15, 0.2) is 0 Å². The van der Waals surface area contributed by atoms with Crippen molar-refractivity contribution in [3.05, 3.63) is 12.2 Å². The van der Waals surface area contributed by atoms with Crippen molar-refractivity contribution in [3.8, 4) is 0 Å². The third kappa shape index (κ3) is 0.780. The number of carbonyl (C=O) groups is 1. The zero-order valence-corrected chi connectivity index (χ0v) is 6.99. The Morgan fingerprint density at radius 2 is 2.42 bits per heavy atom. The molecule has 1 saturated carbocycles. The van der Waals surface area contributed by atoms with Gasteiger partial charge in [-0.05, 0) is 31.1 Å². The van der Waals surface area contributed by atoms with E-state index >= 15 is 0 Å². The molecule has 64 valence electrons. The Morgan fingerprint density at radius 1 is 1.50 bits per heavy atom. The minimum atomic E-state index is 0.222. The molecule has 2 fully saturated rings. The van der Waals surface area contributed by atoms with Crippen LogP contribution in [0.25, 0.3) is 0 Å². The Labute approximate surface area is 72.0 Å². The highest BCUT2D eigenvalue weighted by atomic mass is 16.2. The molecule has 0 radical (unpaired) electrons. The number of allylic oxidation sites excluding steroid dienone is 1. The molecule has 0 aromatic heterocycles. The smallest absolute Gasteiger partial charge is 0.229 e. The van der Waals surface area contributed by atoms with Crippen LogP contribution in [0, 0.1) is 17.8 Å². The van der Waals surface area contributed by atoms with Crippen LogP contribution in [0.5, 0.6) is 0 Å². The molecule has 0 aromatic rings. The summed E-state index contributed by atoms with van der Waals surface area (Å²) in [7, 11) is 0. The van der Waals surface area contributed by atoms with E-state index in [4.69, 9.17) is 0 Å². The standard InChI is InChI=1S/C10H13NO/c12-10-7-4-2-1-3-6-5-8(6)9(7)11-10/h2,4,6-9H,1,3,5H2,(H,11,12)/b4-2-/t6?,7-,8?,9-/m1/s1. The number of hydrogen-bond donors (Lipinski definition) is 1. The largest absolute Gasteiger partial charge is 0.351 e. The molecular formula is C10H13NO. The highest BCUT2D eigenvalue weighted by molar-refractivity contribution is 5.87. The molecule has 2 aliphatic carbocycles. The molecule has 1 saturated heterocycles. The first kappa shape index (κ1) is 6.70. The fourth-order valence-electron chi connectivity index (χ4n) is 2.59. The summed E-state index contributed by atoms with van der Waals surface area (Å²) in [6, 6.07) is 0.499. The van der Waals surface area contributed by atoms with E-state index in [1.807, 2.05) is 0 Å². The second-order valence-electron chi connectivity index (χ2n) is 4.23. The molecule has 2 unspecified atom stereocenters. The van der Waals surface area contributed by atoms with Gasteiger partial charge in [-0.2, -0.15) is 0 Å². The lowest BCUT2D eigenvalue weighted by Gasteiger charge is -2.36. The van der Waals surface area contributed by atoms with Crippen LogP contribution in [0.15, 0.2) is 12.2 Å². The molecule has 1 heterocycles. The molecule has 0 bridgehead atoms. The quantitative estimate of drug-likeness (QED) is 0.420. The van der Waals surface area contributed by atoms with Crippen LogP contribution in [0.3, 0.4) is 0 Å². The lowest BCUT2D eigenvalue weighted by Crippen LogP contribution is -2.58. The van der Waals surface area contributed by atoms with Crippen LogP contribution in [0.1, 0.15) is 19.3 Å². The number of amides is 1. The van der Waals surface area contributed by atoms with Gasteiger partial charge in [0.2, 0.25) is 5.91 Å². The Hall–Kier alpha value is -0.790. The minimum absolute atomic E-state index is 0.222. The van der Waals surface area contributed by atoms with E-state index in [2.05, 4.69) is 17.5 Å². The van der Waals surface area contributed by atoms with Crippen LogP contribution in [-0.4, -0.2) is 11.9 Å². The molecule has 3 rings (SSSR count). The van der Waals surface area contributed by atoms with E-state index in [-0.39, 0.29) is 11.8 Å². The summed E-state index contributed by atoms with van der Waals surface area (Å²) in [5.41, 5.74) is 0. The van der Waals surface area contributed by atoms with Crippen LogP contribution in [-0.2, 0) is 4.79 Å². The van der Waals surface area contributed by atoms with Crippen molar-refractivity contribution >= 4 is 5.91 Å². The number of rotatable bonds is 0. The van der Waals surface area contributed by atoms with Gasteiger partial charge in [-0.15, -0.1) is 0 Å². The maximum absolute atomic E-state index is 11.1. The van der Waals surface area contributed by atoms with Crippen molar-refractivity contribution in [1.29, 1.82) is 0 Å². The Balaban J connectivity index is 1.84. The number of carbonyl (C=O) groups excluding carboxylic acids is 1. The topological polar surface area (TPSA) is 29.1 Å². The minimum Gasteiger partial charge on any atom is -0.351 e. The maximum Gasteiger partial charge on any atom is 0.229 e. The van der Waals surface area contributed by atoms with E-state index in [9.17, 15) is 4.79 Å². The fraction of sp³-hybridized carbons (Fsp3) is 0.700.